The molecule has 0 aromatic carbocycles. The van der Waals surface area contributed by atoms with E-state index in [9.17, 15) is 18.9 Å². The van der Waals surface area contributed by atoms with Gasteiger partial charge in [0.2, 0.25) is 5.15 Å². The molecular weight excluding hydrogens is 234 g/mol. The van der Waals surface area contributed by atoms with Crippen molar-refractivity contribution in [3.05, 3.63) is 32.5 Å². The molecule has 0 aliphatic carbocycles. The molecule has 1 N–H and O–H groups in total. The van der Waals surface area contributed by atoms with Gasteiger partial charge in [-0.1, -0.05) is 0 Å². The summed E-state index contributed by atoms with van der Waals surface area (Å²) in [5.41, 5.74) is -1.19. The van der Waals surface area contributed by atoms with Gasteiger partial charge in [-0.25, -0.2) is 8.78 Å². The van der Waals surface area contributed by atoms with E-state index in [0.717, 1.165) is 6.07 Å². The molecule has 0 spiro atoms. The number of hydrogen-bond donors (Lipinski definition) is 1. The highest BCUT2D eigenvalue weighted by Crippen LogP contribution is 2.32. The normalized spacial score (nSPS) is 10.7. The first-order chi connectivity index (χ1) is 6.97. The molecule has 1 heterocycles. The summed E-state index contributed by atoms with van der Waals surface area (Å²) >= 11 is 5.38. The van der Waals surface area contributed by atoms with Crippen LogP contribution >= 0.6 is 11.6 Å². The van der Waals surface area contributed by atoms with E-state index in [0.29, 0.717) is 0 Å². The van der Waals surface area contributed by atoms with Crippen molar-refractivity contribution >= 4 is 17.4 Å². The Kier molecular flexibility index (Phi) is 3.48. The Hall–Kier alpha value is -1.34. The fourth-order valence-electron chi connectivity index (χ4n) is 1.07. The smallest absolute Gasteiger partial charge is 0.374 e. The predicted molar refractivity (Wildman–Crippen MR) is 46.8 cm³/mol. The van der Waals surface area contributed by atoms with E-state index in [1.54, 1.807) is 0 Å². The van der Waals surface area contributed by atoms with Crippen LogP contribution in [0, 0.1) is 10.1 Å². The standard InChI is InChI=1S/C7H5ClF2N2O3/c8-4-1-3(2-13)5(6(9)10)7(11-4)12(14)15/h1,6,13H,2H2. The molecule has 0 radical (unpaired) electrons. The lowest BCUT2D eigenvalue weighted by Gasteiger charge is -2.06. The molecule has 0 aliphatic heterocycles. The van der Waals surface area contributed by atoms with Gasteiger partial charge in [-0.2, -0.15) is 0 Å². The Labute approximate surface area is 87.5 Å². The topological polar surface area (TPSA) is 76.3 Å². The SMILES string of the molecule is O=[N+]([O-])c1nc(Cl)cc(CO)c1C(F)F. The number of hydrogen-bond acceptors (Lipinski definition) is 4. The van der Waals surface area contributed by atoms with Crippen LogP contribution in [0.2, 0.25) is 5.15 Å². The van der Waals surface area contributed by atoms with E-state index < -0.39 is 29.3 Å². The lowest BCUT2D eigenvalue weighted by atomic mass is 10.1. The van der Waals surface area contributed by atoms with Crippen LogP contribution in [0.25, 0.3) is 0 Å². The van der Waals surface area contributed by atoms with E-state index in [-0.39, 0.29) is 10.7 Å². The van der Waals surface area contributed by atoms with Crippen molar-refractivity contribution in [3.63, 3.8) is 0 Å². The average Bonchev–Trinajstić information content (AvgIpc) is 2.15. The molecule has 1 rings (SSSR count). The number of aliphatic hydroxyl groups excluding tert-OH is 1. The maximum absolute atomic E-state index is 12.5. The lowest BCUT2D eigenvalue weighted by Crippen LogP contribution is -2.04. The van der Waals surface area contributed by atoms with E-state index in [2.05, 4.69) is 4.98 Å². The van der Waals surface area contributed by atoms with Crippen molar-refractivity contribution in [2.24, 2.45) is 0 Å². The fraction of sp³-hybridized carbons (Fsp3) is 0.286. The molecular formula is C7H5ClF2N2O3. The zero-order chi connectivity index (χ0) is 11.6. The van der Waals surface area contributed by atoms with Crippen molar-refractivity contribution in [1.29, 1.82) is 0 Å². The second-order valence-corrected chi connectivity index (χ2v) is 2.94. The van der Waals surface area contributed by atoms with Gasteiger partial charge in [0.15, 0.2) is 0 Å². The molecule has 0 bridgehead atoms. The summed E-state index contributed by atoms with van der Waals surface area (Å²) in [4.78, 5) is 12.5. The van der Waals surface area contributed by atoms with Gasteiger partial charge in [0.25, 0.3) is 6.43 Å². The molecule has 0 unspecified atom stereocenters. The fourth-order valence-corrected chi connectivity index (χ4v) is 1.28. The van der Waals surface area contributed by atoms with Crippen LogP contribution in [0.1, 0.15) is 17.6 Å². The quantitative estimate of drug-likeness (QED) is 0.497. The van der Waals surface area contributed by atoms with Crippen LogP contribution in [0.15, 0.2) is 6.07 Å². The Morgan fingerprint density at radius 3 is 2.67 bits per heavy atom. The molecule has 0 atom stereocenters. The second-order valence-electron chi connectivity index (χ2n) is 2.56. The Balaban J connectivity index is 3.47. The number of nitrogens with zero attached hydrogens (tertiary/aromatic N) is 2. The lowest BCUT2D eigenvalue weighted by molar-refractivity contribution is -0.391. The molecule has 1 aromatic rings. The maximum Gasteiger partial charge on any atom is 0.374 e. The predicted octanol–water partition coefficient (Wildman–Crippen LogP) is 2.07. The summed E-state index contributed by atoms with van der Waals surface area (Å²) in [5, 5.41) is 18.9. The number of aliphatic hydroxyl groups is 1. The first kappa shape index (κ1) is 11.7. The highest BCUT2D eigenvalue weighted by atomic mass is 35.5. The van der Waals surface area contributed by atoms with Crippen LogP contribution < -0.4 is 0 Å². The maximum atomic E-state index is 12.5. The second kappa shape index (κ2) is 4.45. The highest BCUT2D eigenvalue weighted by molar-refractivity contribution is 6.29. The summed E-state index contributed by atoms with van der Waals surface area (Å²) in [5.74, 6) is -1.03. The van der Waals surface area contributed by atoms with Crippen molar-refractivity contribution in [1.82, 2.24) is 4.98 Å². The van der Waals surface area contributed by atoms with E-state index in [1.165, 1.54) is 0 Å². The van der Waals surface area contributed by atoms with Gasteiger partial charge in [0.05, 0.1) is 6.61 Å². The highest BCUT2D eigenvalue weighted by Gasteiger charge is 2.28. The minimum atomic E-state index is -3.09. The number of nitro groups is 1. The molecule has 0 saturated heterocycles. The van der Waals surface area contributed by atoms with E-state index in [1.807, 2.05) is 0 Å². The average molecular weight is 239 g/mol. The minimum Gasteiger partial charge on any atom is -0.392 e. The number of halogens is 3. The molecule has 5 nitrogen and oxygen atoms in total. The third kappa shape index (κ3) is 2.37. The zero-order valence-corrected chi connectivity index (χ0v) is 7.91. The number of alkyl halides is 2. The molecule has 0 saturated carbocycles. The molecule has 0 aliphatic rings. The van der Waals surface area contributed by atoms with Crippen LogP contribution in [0.3, 0.4) is 0 Å². The van der Waals surface area contributed by atoms with Crippen molar-refractivity contribution < 1.29 is 18.8 Å². The largest absolute Gasteiger partial charge is 0.392 e. The van der Waals surface area contributed by atoms with Crippen LogP contribution in [-0.4, -0.2) is 15.0 Å². The van der Waals surface area contributed by atoms with Crippen LogP contribution in [-0.2, 0) is 6.61 Å². The Morgan fingerprint density at radius 1 is 1.67 bits per heavy atom. The monoisotopic (exact) mass is 238 g/mol. The molecule has 15 heavy (non-hydrogen) atoms. The van der Waals surface area contributed by atoms with Crippen molar-refractivity contribution in [3.8, 4) is 0 Å². The van der Waals surface area contributed by atoms with Gasteiger partial charge < -0.3 is 15.2 Å². The summed E-state index contributed by atoms with van der Waals surface area (Å²) in [6.07, 6.45) is -3.09. The Morgan fingerprint density at radius 2 is 2.27 bits per heavy atom. The number of rotatable bonds is 3. The molecule has 1 aromatic heterocycles. The first-order valence-electron chi connectivity index (χ1n) is 3.70. The Bertz CT molecular complexity index is 400. The first-order valence-corrected chi connectivity index (χ1v) is 4.08. The van der Waals surface area contributed by atoms with Crippen LogP contribution in [0.4, 0.5) is 14.6 Å². The summed E-state index contributed by atoms with van der Waals surface area (Å²) in [6, 6.07) is 0.968. The minimum absolute atomic E-state index is 0.295. The van der Waals surface area contributed by atoms with Gasteiger partial charge in [-0.3, -0.25) is 0 Å². The summed E-state index contributed by atoms with van der Waals surface area (Å²) in [7, 11) is 0. The molecule has 0 amide bonds. The van der Waals surface area contributed by atoms with Gasteiger partial charge >= 0.3 is 5.82 Å². The van der Waals surface area contributed by atoms with Gasteiger partial charge in [-0.15, -0.1) is 0 Å². The van der Waals surface area contributed by atoms with Crippen molar-refractivity contribution in [2.45, 2.75) is 13.0 Å². The van der Waals surface area contributed by atoms with Gasteiger partial charge in [0.1, 0.15) is 5.56 Å². The summed E-state index contributed by atoms with van der Waals surface area (Å²) < 4.78 is 24.9. The van der Waals surface area contributed by atoms with Crippen LogP contribution in [0.5, 0.6) is 0 Å². The van der Waals surface area contributed by atoms with E-state index >= 15 is 0 Å². The molecule has 8 heteroatoms. The van der Waals surface area contributed by atoms with Gasteiger partial charge in [0, 0.05) is 11.6 Å². The van der Waals surface area contributed by atoms with E-state index in [4.69, 9.17) is 16.7 Å². The third-order valence-corrected chi connectivity index (χ3v) is 1.85. The number of aromatic nitrogens is 1. The van der Waals surface area contributed by atoms with Crippen molar-refractivity contribution in [2.75, 3.05) is 0 Å². The number of pyridine rings is 1. The molecule has 0 fully saturated rings. The summed E-state index contributed by atoms with van der Waals surface area (Å²) in [6.45, 7) is -0.761. The zero-order valence-electron chi connectivity index (χ0n) is 7.15. The molecule has 82 valence electrons. The third-order valence-electron chi connectivity index (χ3n) is 1.65. The van der Waals surface area contributed by atoms with Gasteiger partial charge in [-0.05, 0) is 21.5 Å².